The summed E-state index contributed by atoms with van der Waals surface area (Å²) in [6.45, 7) is 13.1. The molecular weight excluding hydrogens is 328 g/mol. The summed E-state index contributed by atoms with van der Waals surface area (Å²) in [6, 6.07) is 0. The van der Waals surface area contributed by atoms with E-state index in [1.54, 1.807) is 6.92 Å². The van der Waals surface area contributed by atoms with E-state index >= 15 is 0 Å². The predicted octanol–water partition coefficient (Wildman–Crippen LogP) is 4.01. The van der Waals surface area contributed by atoms with Crippen molar-refractivity contribution in [2.75, 3.05) is 0 Å². The molecule has 0 aliphatic heterocycles. The maximum absolute atomic E-state index is 12.3. The first-order valence-electron chi connectivity index (χ1n) is 9.83. The maximum Gasteiger partial charge on any atom is 0.184 e. The Hall–Kier alpha value is -0.633. The van der Waals surface area contributed by atoms with Gasteiger partial charge in [-0.15, -0.1) is 5.92 Å². The molecule has 1 N–H and O–H groups in total. The molecule has 0 bridgehead atoms. The van der Waals surface area contributed by atoms with Gasteiger partial charge in [-0.3, -0.25) is 0 Å². The zero-order chi connectivity index (χ0) is 18.7. The van der Waals surface area contributed by atoms with Crippen molar-refractivity contribution < 1.29 is 14.3 Å². The highest BCUT2D eigenvalue weighted by atomic mass is 28.4. The Morgan fingerprint density at radius 2 is 1.84 bits per heavy atom. The van der Waals surface area contributed by atoms with Gasteiger partial charge in [0.15, 0.2) is 8.32 Å². The summed E-state index contributed by atoms with van der Waals surface area (Å²) < 4.78 is 6.87. The molecule has 3 saturated carbocycles. The fourth-order valence-electron chi connectivity index (χ4n) is 6.31. The van der Waals surface area contributed by atoms with Gasteiger partial charge in [0.2, 0.25) is 0 Å². The zero-order valence-electron chi connectivity index (χ0n) is 16.7. The summed E-state index contributed by atoms with van der Waals surface area (Å²) >= 11 is 0. The molecule has 3 fully saturated rings. The Morgan fingerprint density at radius 3 is 2.40 bits per heavy atom. The third-order valence-corrected chi connectivity index (χ3v) is 8.13. The fourth-order valence-corrected chi connectivity index (χ4v) is 7.83. The molecule has 6 atom stereocenters. The van der Waals surface area contributed by atoms with E-state index in [9.17, 15) is 9.90 Å². The molecule has 0 saturated heterocycles. The second kappa shape index (κ2) is 5.94. The second-order valence-corrected chi connectivity index (χ2v) is 14.5. The molecule has 0 unspecified atom stereocenters. The topological polar surface area (TPSA) is 46.5 Å². The van der Waals surface area contributed by atoms with E-state index in [-0.39, 0.29) is 0 Å². The molecule has 3 aliphatic rings. The molecule has 0 aromatic carbocycles. The first-order chi connectivity index (χ1) is 11.5. The van der Waals surface area contributed by atoms with Crippen LogP contribution in [-0.4, -0.2) is 30.9 Å². The van der Waals surface area contributed by atoms with E-state index < -0.39 is 25.4 Å². The van der Waals surface area contributed by atoms with Gasteiger partial charge in [0.1, 0.15) is 11.9 Å². The molecule has 3 rings (SSSR count). The smallest absolute Gasteiger partial charge is 0.184 e. The summed E-state index contributed by atoms with van der Waals surface area (Å²) in [5, 5.41) is 11.4. The average Bonchev–Trinajstić information content (AvgIpc) is 3.04. The van der Waals surface area contributed by atoms with Crippen LogP contribution in [0, 0.1) is 40.9 Å². The lowest BCUT2D eigenvalue weighted by atomic mass is 9.64. The fraction of sp³-hybridized carbons (Fsp3) is 0.857. The second-order valence-electron chi connectivity index (χ2n) is 10.1. The van der Waals surface area contributed by atoms with Gasteiger partial charge in [-0.1, -0.05) is 19.8 Å². The van der Waals surface area contributed by atoms with Gasteiger partial charge in [0.25, 0.3) is 0 Å². The first kappa shape index (κ1) is 19.1. The molecule has 0 aromatic rings. The summed E-state index contributed by atoms with van der Waals surface area (Å²) in [5.74, 6) is 7.04. The minimum atomic E-state index is -1.90. The first-order valence-corrected chi connectivity index (χ1v) is 13.2. The van der Waals surface area contributed by atoms with E-state index in [2.05, 4.69) is 45.3 Å². The summed E-state index contributed by atoms with van der Waals surface area (Å²) in [6.07, 6.45) is 5.46. The van der Waals surface area contributed by atoms with Crippen molar-refractivity contribution in [3.8, 4) is 11.8 Å². The maximum atomic E-state index is 12.3. The van der Waals surface area contributed by atoms with E-state index in [1.807, 2.05) is 0 Å². The van der Waals surface area contributed by atoms with E-state index in [0.29, 0.717) is 23.7 Å². The molecule has 25 heavy (non-hydrogen) atoms. The van der Waals surface area contributed by atoms with Gasteiger partial charge >= 0.3 is 0 Å². The minimum Gasteiger partial charge on any atom is -0.411 e. The Kier molecular flexibility index (Phi) is 4.55. The standard InChI is InChI=1S/C21H34O3Si/c1-7-11-20(23)12-8-9-16-18-15(19(18,2)3)10-13-21(16,17(20)14-22)24-25(4,5)6/h14-18,23H,8-10,12-13H2,1-6H3/t15-,16+,17-,18-,20-,21-/m1/s1. The normalized spacial score (nSPS) is 45.2. The Bertz CT molecular complexity index is 611. The van der Waals surface area contributed by atoms with Crippen LogP contribution in [0.1, 0.15) is 52.9 Å². The van der Waals surface area contributed by atoms with Crippen LogP contribution in [0.2, 0.25) is 19.6 Å². The van der Waals surface area contributed by atoms with Crippen LogP contribution in [0.3, 0.4) is 0 Å². The van der Waals surface area contributed by atoms with Crippen LogP contribution in [0.15, 0.2) is 0 Å². The minimum absolute atomic E-state index is 0.335. The predicted molar refractivity (Wildman–Crippen MR) is 102 cm³/mol. The van der Waals surface area contributed by atoms with Crippen molar-refractivity contribution in [1.82, 2.24) is 0 Å². The number of carbonyl (C=O) groups is 1. The van der Waals surface area contributed by atoms with Gasteiger partial charge < -0.3 is 14.3 Å². The highest BCUT2D eigenvalue weighted by molar-refractivity contribution is 6.69. The Morgan fingerprint density at radius 1 is 1.16 bits per heavy atom. The van der Waals surface area contributed by atoms with Crippen molar-refractivity contribution in [1.29, 1.82) is 0 Å². The molecular formula is C21H34O3Si. The molecule has 3 nitrogen and oxygen atoms in total. The SMILES string of the molecule is CC#C[C@@]1(O)CCC[C@H]2[C@H]3[C@@H](CC[C@]2(O[Si](C)(C)C)[C@@H]1C=O)C3(C)C. The van der Waals surface area contributed by atoms with Crippen molar-refractivity contribution in [3.63, 3.8) is 0 Å². The lowest BCUT2D eigenvalue weighted by molar-refractivity contribution is -0.148. The molecule has 0 spiro atoms. The largest absolute Gasteiger partial charge is 0.411 e. The highest BCUT2D eigenvalue weighted by Gasteiger charge is 2.71. The molecule has 0 radical (unpaired) electrons. The number of aldehydes is 1. The van der Waals surface area contributed by atoms with Crippen molar-refractivity contribution in [2.24, 2.45) is 29.1 Å². The van der Waals surface area contributed by atoms with Crippen LogP contribution < -0.4 is 0 Å². The zero-order valence-corrected chi connectivity index (χ0v) is 17.7. The van der Waals surface area contributed by atoms with Gasteiger partial charge in [-0.25, -0.2) is 0 Å². The highest BCUT2D eigenvalue weighted by Crippen LogP contribution is 2.72. The number of carbonyl (C=O) groups excluding carboxylic acids is 1. The van der Waals surface area contributed by atoms with Crippen molar-refractivity contribution in [2.45, 2.75) is 83.7 Å². The van der Waals surface area contributed by atoms with Crippen molar-refractivity contribution in [3.05, 3.63) is 0 Å². The molecule has 140 valence electrons. The number of fused-ring (bicyclic) bond motifs is 3. The van der Waals surface area contributed by atoms with Crippen LogP contribution in [0.4, 0.5) is 0 Å². The van der Waals surface area contributed by atoms with Crippen LogP contribution in [-0.2, 0) is 9.22 Å². The van der Waals surface area contributed by atoms with E-state index in [4.69, 9.17) is 4.43 Å². The summed E-state index contributed by atoms with van der Waals surface area (Å²) in [5.41, 5.74) is -1.46. The Balaban J connectivity index is 2.12. The number of hydrogen-bond acceptors (Lipinski definition) is 3. The quantitative estimate of drug-likeness (QED) is 0.469. The average molecular weight is 363 g/mol. The lowest BCUT2D eigenvalue weighted by Gasteiger charge is -2.52. The summed E-state index contributed by atoms with van der Waals surface area (Å²) in [4.78, 5) is 12.3. The number of hydrogen-bond donors (Lipinski definition) is 1. The van der Waals surface area contributed by atoms with E-state index in [0.717, 1.165) is 37.9 Å². The lowest BCUT2D eigenvalue weighted by Crippen LogP contribution is -2.61. The molecule has 4 heteroatoms. The van der Waals surface area contributed by atoms with Crippen LogP contribution in [0.5, 0.6) is 0 Å². The van der Waals surface area contributed by atoms with Gasteiger partial charge in [-0.2, -0.15) is 0 Å². The Labute approximate surface area is 154 Å². The van der Waals surface area contributed by atoms with Crippen molar-refractivity contribution >= 4 is 14.6 Å². The third-order valence-electron chi connectivity index (χ3n) is 7.13. The third kappa shape index (κ3) is 2.93. The number of rotatable bonds is 3. The molecule has 0 amide bonds. The summed E-state index contributed by atoms with van der Waals surface area (Å²) in [7, 11) is -1.90. The van der Waals surface area contributed by atoms with Gasteiger partial charge in [-0.05, 0) is 81.8 Å². The monoisotopic (exact) mass is 362 g/mol. The molecule has 0 heterocycles. The van der Waals surface area contributed by atoms with Gasteiger partial charge in [0.05, 0.1) is 11.5 Å². The molecule has 3 aliphatic carbocycles. The van der Waals surface area contributed by atoms with Crippen LogP contribution >= 0.6 is 0 Å². The number of aliphatic hydroxyl groups is 1. The van der Waals surface area contributed by atoms with Crippen LogP contribution in [0.25, 0.3) is 0 Å². The van der Waals surface area contributed by atoms with E-state index in [1.165, 1.54) is 0 Å². The molecule has 0 aromatic heterocycles. The van der Waals surface area contributed by atoms with Gasteiger partial charge in [0, 0.05) is 0 Å².